The molecule has 1 aliphatic heterocycles. The fourth-order valence-electron chi connectivity index (χ4n) is 4.97. The Morgan fingerprint density at radius 2 is 1.90 bits per heavy atom. The smallest absolute Gasteiger partial charge is 0.248 e. The molecular formula is C29H19ClFN3O3S2. The number of carbonyl (C=O) groups is 2. The highest BCUT2D eigenvalue weighted by Gasteiger charge is 2.53. The number of nitrogens with zero attached hydrogens (tertiary/aromatic N) is 3. The van der Waals surface area contributed by atoms with Crippen LogP contribution in [-0.4, -0.2) is 26.0 Å². The lowest BCUT2D eigenvalue weighted by Crippen LogP contribution is -2.54. The lowest BCUT2D eigenvalue weighted by molar-refractivity contribution is -0.142. The molecule has 6 nitrogen and oxygen atoms in total. The molecule has 0 radical (unpaired) electrons. The molecule has 1 fully saturated rings. The molecule has 0 saturated carbocycles. The van der Waals surface area contributed by atoms with Gasteiger partial charge in [-0.25, -0.2) is 9.37 Å². The lowest BCUT2D eigenvalue weighted by atomic mass is 9.75. The molecule has 2 unspecified atom stereocenters. The molecule has 0 spiro atoms. The van der Waals surface area contributed by atoms with E-state index in [0.29, 0.717) is 38.5 Å². The third-order valence-corrected chi connectivity index (χ3v) is 8.39. The standard InChI is InChI=1S/C29H19ClFN3O3S2/c30-20-7-2-1-5-18(20)26-22(35)15-29(34(38)28(26)36,17-12-14-39-16-17)24-8-3-9-25(33-24)37-23-11-10-21(31)19-6-4-13-32-27(19)23/h1-14,16,26,38H,15H2. The molecule has 39 heavy (non-hydrogen) atoms. The van der Waals surface area contributed by atoms with E-state index >= 15 is 0 Å². The molecule has 0 N–H and O–H groups in total. The highest BCUT2D eigenvalue weighted by molar-refractivity contribution is 7.78. The number of thiol groups is 1. The molecule has 1 saturated heterocycles. The second-order valence-corrected chi connectivity index (χ2v) is 10.6. The molecule has 0 bridgehead atoms. The van der Waals surface area contributed by atoms with Crippen LogP contribution in [0.2, 0.25) is 5.02 Å². The zero-order chi connectivity index (χ0) is 27.1. The number of amides is 1. The molecule has 5 aromatic rings. The predicted molar refractivity (Wildman–Crippen MR) is 151 cm³/mol. The summed E-state index contributed by atoms with van der Waals surface area (Å²) >= 11 is 12.5. The third-order valence-electron chi connectivity index (χ3n) is 6.83. The Morgan fingerprint density at radius 1 is 1.05 bits per heavy atom. The Hall–Kier alpha value is -3.79. The topological polar surface area (TPSA) is 72.4 Å². The second-order valence-electron chi connectivity index (χ2n) is 9.03. The molecule has 3 aromatic heterocycles. The van der Waals surface area contributed by atoms with Crippen LogP contribution in [0.4, 0.5) is 4.39 Å². The van der Waals surface area contributed by atoms with Gasteiger partial charge in [0.05, 0.1) is 5.69 Å². The van der Waals surface area contributed by atoms with Crippen LogP contribution in [0, 0.1) is 5.82 Å². The minimum absolute atomic E-state index is 0.0770. The van der Waals surface area contributed by atoms with E-state index in [2.05, 4.69) is 17.8 Å². The normalized spacial score (nSPS) is 19.5. The Balaban J connectivity index is 1.44. The number of rotatable bonds is 5. The molecule has 6 rings (SSSR count). The minimum Gasteiger partial charge on any atom is -0.437 e. The first-order chi connectivity index (χ1) is 18.9. The fraction of sp³-hybridized carbons (Fsp3) is 0.103. The summed E-state index contributed by atoms with van der Waals surface area (Å²) in [6.07, 6.45) is 1.48. The van der Waals surface area contributed by atoms with Crippen molar-refractivity contribution in [2.24, 2.45) is 0 Å². The molecule has 10 heteroatoms. The van der Waals surface area contributed by atoms with Gasteiger partial charge in [0.1, 0.15) is 22.8 Å². The summed E-state index contributed by atoms with van der Waals surface area (Å²) in [6, 6.07) is 19.8. The van der Waals surface area contributed by atoms with E-state index in [1.54, 1.807) is 60.8 Å². The Labute approximate surface area is 237 Å². The van der Waals surface area contributed by atoms with Crippen LogP contribution in [0.25, 0.3) is 10.9 Å². The van der Waals surface area contributed by atoms with Crippen LogP contribution >= 0.6 is 35.8 Å². The van der Waals surface area contributed by atoms with E-state index in [4.69, 9.17) is 21.3 Å². The van der Waals surface area contributed by atoms with Gasteiger partial charge >= 0.3 is 0 Å². The van der Waals surface area contributed by atoms with Crippen molar-refractivity contribution in [1.82, 2.24) is 14.3 Å². The van der Waals surface area contributed by atoms with E-state index < -0.39 is 23.2 Å². The molecule has 2 aromatic carbocycles. The first kappa shape index (κ1) is 25.5. The number of pyridine rings is 2. The molecule has 0 aliphatic carbocycles. The van der Waals surface area contributed by atoms with E-state index in [1.807, 2.05) is 16.8 Å². The van der Waals surface area contributed by atoms with E-state index in [9.17, 15) is 14.0 Å². The summed E-state index contributed by atoms with van der Waals surface area (Å²) in [5.74, 6) is -1.79. The van der Waals surface area contributed by atoms with Gasteiger partial charge in [-0.3, -0.25) is 18.9 Å². The highest BCUT2D eigenvalue weighted by atomic mass is 35.5. The van der Waals surface area contributed by atoms with Gasteiger partial charge in [-0.05, 0) is 64.4 Å². The maximum atomic E-state index is 14.3. The van der Waals surface area contributed by atoms with Gasteiger partial charge in [0.2, 0.25) is 11.8 Å². The maximum Gasteiger partial charge on any atom is 0.248 e. The third kappa shape index (κ3) is 4.27. The first-order valence-electron chi connectivity index (χ1n) is 11.9. The van der Waals surface area contributed by atoms with E-state index in [-0.39, 0.29) is 18.1 Å². The maximum absolute atomic E-state index is 14.3. The molecule has 1 amide bonds. The summed E-state index contributed by atoms with van der Waals surface area (Å²) < 4.78 is 21.7. The zero-order valence-corrected chi connectivity index (χ0v) is 22.6. The number of hydrogen-bond acceptors (Lipinski definition) is 7. The monoisotopic (exact) mass is 575 g/mol. The largest absolute Gasteiger partial charge is 0.437 e. The zero-order valence-electron chi connectivity index (χ0n) is 20.1. The number of fused-ring (bicyclic) bond motifs is 1. The first-order valence-corrected chi connectivity index (χ1v) is 13.6. The Kier molecular flexibility index (Phi) is 6.58. The Bertz CT molecular complexity index is 1730. The summed E-state index contributed by atoms with van der Waals surface area (Å²) in [5, 5.41) is 4.38. The molecular weight excluding hydrogens is 557 g/mol. The van der Waals surface area contributed by atoms with Crippen molar-refractivity contribution < 1.29 is 18.7 Å². The van der Waals surface area contributed by atoms with Crippen LogP contribution < -0.4 is 4.74 Å². The van der Waals surface area contributed by atoms with Gasteiger partial charge in [-0.15, -0.1) is 0 Å². The average Bonchev–Trinajstić information content (AvgIpc) is 3.49. The summed E-state index contributed by atoms with van der Waals surface area (Å²) in [7, 11) is 0. The van der Waals surface area contributed by atoms with E-state index in [0.717, 1.165) is 0 Å². The molecule has 194 valence electrons. The number of aromatic nitrogens is 2. The van der Waals surface area contributed by atoms with Gasteiger partial charge in [0, 0.05) is 29.1 Å². The van der Waals surface area contributed by atoms with Crippen LogP contribution in [-0.2, 0) is 15.1 Å². The van der Waals surface area contributed by atoms with Crippen molar-refractivity contribution in [1.29, 1.82) is 0 Å². The highest BCUT2D eigenvalue weighted by Crippen LogP contribution is 2.48. The number of halogens is 2. The SMILES string of the molecule is O=C1CC(c2ccsc2)(c2cccc(Oc3ccc(F)c4cccnc34)n2)N(S)C(=O)C1c1ccccc1Cl. The number of piperidine rings is 1. The van der Waals surface area contributed by atoms with Crippen molar-refractivity contribution in [3.8, 4) is 11.6 Å². The second kappa shape index (κ2) is 10.1. The fourth-order valence-corrected chi connectivity index (χ4v) is 6.35. The number of thiophene rings is 1. The van der Waals surface area contributed by atoms with Crippen LogP contribution in [0.5, 0.6) is 11.6 Å². The van der Waals surface area contributed by atoms with Gasteiger partial charge in [0.25, 0.3) is 0 Å². The number of ether oxygens (including phenoxy) is 1. The van der Waals surface area contributed by atoms with Gasteiger partial charge in [-0.2, -0.15) is 11.3 Å². The number of hydrogen-bond donors (Lipinski definition) is 1. The molecule has 2 atom stereocenters. The quantitative estimate of drug-likeness (QED) is 0.181. The summed E-state index contributed by atoms with van der Waals surface area (Å²) in [5.41, 5.74) is 0.580. The summed E-state index contributed by atoms with van der Waals surface area (Å²) in [6.45, 7) is 0. The van der Waals surface area contributed by atoms with E-state index in [1.165, 1.54) is 27.8 Å². The van der Waals surface area contributed by atoms with Crippen LogP contribution in [0.1, 0.15) is 29.2 Å². The number of Topliss-reactive ketones (excluding diaryl/α,β-unsaturated/α-hetero) is 1. The van der Waals surface area contributed by atoms with Gasteiger partial charge in [-0.1, -0.05) is 48.7 Å². The van der Waals surface area contributed by atoms with Gasteiger partial charge < -0.3 is 4.74 Å². The molecule has 1 aliphatic rings. The number of carbonyl (C=O) groups excluding carboxylic acids is 2. The van der Waals surface area contributed by atoms with Crippen molar-refractivity contribution in [2.75, 3.05) is 0 Å². The average molecular weight is 576 g/mol. The predicted octanol–water partition coefficient (Wildman–Crippen LogP) is 6.95. The van der Waals surface area contributed by atoms with Crippen LogP contribution in [0.3, 0.4) is 0 Å². The van der Waals surface area contributed by atoms with Crippen molar-refractivity contribution >= 4 is 58.3 Å². The van der Waals surface area contributed by atoms with Gasteiger partial charge in [0.15, 0.2) is 11.5 Å². The lowest BCUT2D eigenvalue weighted by Gasteiger charge is -2.45. The molecule has 4 heterocycles. The van der Waals surface area contributed by atoms with Crippen molar-refractivity contribution in [3.05, 3.63) is 117 Å². The van der Waals surface area contributed by atoms with Crippen molar-refractivity contribution in [3.63, 3.8) is 0 Å². The van der Waals surface area contributed by atoms with Crippen molar-refractivity contribution in [2.45, 2.75) is 17.9 Å². The number of ketones is 1. The summed E-state index contributed by atoms with van der Waals surface area (Å²) in [4.78, 5) is 36.5. The number of benzene rings is 2. The minimum atomic E-state index is -1.29. The Morgan fingerprint density at radius 3 is 2.69 bits per heavy atom. The van der Waals surface area contributed by atoms with Crippen LogP contribution in [0.15, 0.2) is 89.8 Å².